The van der Waals surface area contributed by atoms with E-state index in [1.165, 1.54) is 11.1 Å². The van der Waals surface area contributed by atoms with Crippen molar-refractivity contribution in [2.45, 2.75) is 41.0 Å². The largest absolute Gasteiger partial charge is 0.497 e. The second-order valence-electron chi connectivity index (χ2n) is 5.57. The minimum atomic E-state index is 0.801. The lowest BCUT2D eigenvalue weighted by atomic mass is 10.1. The number of hydrogen-bond acceptors (Lipinski definition) is 2. The molecule has 0 radical (unpaired) electrons. The van der Waals surface area contributed by atoms with Gasteiger partial charge < -0.3 is 4.74 Å². The van der Waals surface area contributed by atoms with E-state index in [4.69, 9.17) is 16.3 Å². The number of carbonyl (C=O) groups excluding carboxylic acids is 1. The summed E-state index contributed by atoms with van der Waals surface area (Å²) in [6.07, 6.45) is 1.78. The summed E-state index contributed by atoms with van der Waals surface area (Å²) in [5.74, 6) is 0.824. The second-order valence-corrected chi connectivity index (χ2v) is 6.01. The molecule has 3 nitrogen and oxygen atoms in total. The van der Waals surface area contributed by atoms with E-state index >= 15 is 0 Å². The fourth-order valence-electron chi connectivity index (χ4n) is 2.73. The first-order chi connectivity index (χ1) is 12.5. The molecule has 0 saturated carbocycles. The Balaban J connectivity index is 0.000000284. The van der Waals surface area contributed by atoms with Crippen LogP contribution < -0.4 is 4.74 Å². The van der Waals surface area contributed by atoms with E-state index in [0.29, 0.717) is 0 Å². The fourth-order valence-corrected chi connectivity index (χ4v) is 2.86. The van der Waals surface area contributed by atoms with Crippen LogP contribution in [0.4, 0.5) is 0 Å². The maximum atomic E-state index is 11.1. The summed E-state index contributed by atoms with van der Waals surface area (Å²) < 4.78 is 6.90. The van der Waals surface area contributed by atoms with Crippen molar-refractivity contribution in [3.05, 3.63) is 64.3 Å². The third-order valence-corrected chi connectivity index (χ3v) is 4.31. The van der Waals surface area contributed by atoms with E-state index in [1.807, 2.05) is 70.2 Å². The van der Waals surface area contributed by atoms with Gasteiger partial charge >= 0.3 is 0 Å². The Hall–Kier alpha value is -2.26. The highest BCUT2D eigenvalue weighted by molar-refractivity contribution is 6.30. The zero-order chi connectivity index (χ0) is 19.7. The number of fused-ring (bicyclic) bond motifs is 1. The van der Waals surface area contributed by atoms with Gasteiger partial charge in [-0.15, -0.1) is 0 Å². The van der Waals surface area contributed by atoms with E-state index in [2.05, 4.69) is 6.92 Å². The van der Waals surface area contributed by atoms with Crippen LogP contribution >= 0.6 is 11.6 Å². The quantitative estimate of drug-likeness (QED) is 0.509. The second kappa shape index (κ2) is 10.7. The number of hydrogen-bond donors (Lipinski definition) is 0. The summed E-state index contributed by atoms with van der Waals surface area (Å²) in [6.45, 7) is 10.1. The van der Waals surface area contributed by atoms with Crippen LogP contribution in [0.5, 0.6) is 5.75 Å². The van der Waals surface area contributed by atoms with Gasteiger partial charge in [-0.05, 0) is 56.2 Å². The summed E-state index contributed by atoms with van der Waals surface area (Å²) in [4.78, 5) is 11.1. The molecule has 2 aromatic carbocycles. The Morgan fingerprint density at radius 1 is 1.08 bits per heavy atom. The molecule has 0 aliphatic heterocycles. The number of aryl methyl sites for hydroxylation is 2. The third kappa shape index (κ3) is 5.12. The monoisotopic (exact) mass is 373 g/mol. The fraction of sp³-hybridized carbons (Fsp3) is 0.318. The van der Waals surface area contributed by atoms with Gasteiger partial charge in [0.25, 0.3) is 0 Å². The summed E-state index contributed by atoms with van der Waals surface area (Å²) >= 11 is 5.61. The predicted molar refractivity (Wildman–Crippen MR) is 112 cm³/mol. The van der Waals surface area contributed by atoms with E-state index in [9.17, 15) is 4.79 Å². The average molecular weight is 374 g/mol. The molecule has 140 valence electrons. The highest BCUT2D eigenvalue weighted by atomic mass is 35.5. The number of benzene rings is 2. The molecule has 0 aliphatic carbocycles. The van der Waals surface area contributed by atoms with Crippen LogP contribution in [0.25, 0.3) is 10.9 Å². The molecule has 3 rings (SSSR count). The molecule has 0 fully saturated rings. The molecule has 26 heavy (non-hydrogen) atoms. The van der Waals surface area contributed by atoms with Crippen LogP contribution in [0.2, 0.25) is 5.02 Å². The predicted octanol–water partition coefficient (Wildman–Crippen LogP) is 6.23. The molecule has 0 N–H and O–H groups in total. The molecule has 0 atom stereocenters. The number of aromatic nitrogens is 1. The number of ether oxygens (including phenoxy) is 1. The van der Waals surface area contributed by atoms with Crippen molar-refractivity contribution in [2.24, 2.45) is 0 Å². The Morgan fingerprint density at radius 2 is 1.69 bits per heavy atom. The standard InChI is InChI=1S/C13H15NO2.C7H7Cl.C2H6/c1-4-11-9(2)14(8-15)13-6-5-10(16-3)7-12(11)13;1-6-2-4-7(8)5-3-6;1-2/h5-8H,4H2,1-3H3;2-5H,1H3;1-2H3. The summed E-state index contributed by atoms with van der Waals surface area (Å²) in [7, 11) is 1.65. The first-order valence-corrected chi connectivity index (χ1v) is 9.24. The number of halogens is 1. The Kier molecular flexibility index (Phi) is 8.94. The molecule has 1 aromatic heterocycles. The van der Waals surface area contributed by atoms with Gasteiger partial charge in [0.05, 0.1) is 12.6 Å². The topological polar surface area (TPSA) is 31.2 Å². The summed E-state index contributed by atoms with van der Waals surface area (Å²) in [5, 5.41) is 1.90. The zero-order valence-electron chi connectivity index (χ0n) is 16.5. The Morgan fingerprint density at radius 3 is 2.15 bits per heavy atom. The van der Waals surface area contributed by atoms with Crippen LogP contribution in [0.1, 0.15) is 37.6 Å². The van der Waals surface area contributed by atoms with Gasteiger partial charge in [-0.25, -0.2) is 0 Å². The van der Waals surface area contributed by atoms with Crippen molar-refractivity contribution < 1.29 is 9.53 Å². The molecule has 0 spiro atoms. The zero-order valence-corrected chi connectivity index (χ0v) is 17.2. The van der Waals surface area contributed by atoms with Crippen molar-refractivity contribution >= 4 is 28.9 Å². The first kappa shape index (κ1) is 21.8. The number of methoxy groups -OCH3 is 1. The highest BCUT2D eigenvalue weighted by Crippen LogP contribution is 2.28. The molecule has 0 aliphatic rings. The SMILES string of the molecule is CC.CCc1c(C)n(C=O)c2ccc(OC)cc12.Cc1ccc(Cl)cc1. The Labute approximate surface area is 161 Å². The van der Waals surface area contributed by atoms with Gasteiger partial charge in [0.2, 0.25) is 6.41 Å². The minimum Gasteiger partial charge on any atom is -0.497 e. The van der Waals surface area contributed by atoms with Crippen molar-refractivity contribution in [2.75, 3.05) is 7.11 Å². The van der Waals surface area contributed by atoms with Crippen LogP contribution in [0, 0.1) is 13.8 Å². The molecule has 0 unspecified atom stereocenters. The lowest BCUT2D eigenvalue weighted by Gasteiger charge is -2.00. The first-order valence-electron chi connectivity index (χ1n) is 8.86. The van der Waals surface area contributed by atoms with Gasteiger partial charge in [-0.3, -0.25) is 9.36 Å². The van der Waals surface area contributed by atoms with Crippen LogP contribution in [0.3, 0.4) is 0 Å². The van der Waals surface area contributed by atoms with Crippen LogP contribution in [-0.2, 0) is 11.2 Å². The van der Waals surface area contributed by atoms with E-state index in [1.54, 1.807) is 11.7 Å². The van der Waals surface area contributed by atoms with E-state index < -0.39 is 0 Å². The van der Waals surface area contributed by atoms with Crippen molar-refractivity contribution in [3.63, 3.8) is 0 Å². The third-order valence-electron chi connectivity index (χ3n) is 4.06. The van der Waals surface area contributed by atoms with Gasteiger partial charge in [0.1, 0.15) is 5.75 Å². The Bertz CT molecular complexity index is 814. The number of rotatable bonds is 3. The summed E-state index contributed by atoms with van der Waals surface area (Å²) in [6, 6.07) is 13.5. The molecule has 1 heterocycles. The lowest BCUT2D eigenvalue weighted by molar-refractivity contribution is 0.415. The molecule has 3 aromatic rings. The number of carbonyl (C=O) groups is 1. The minimum absolute atomic E-state index is 0.801. The lowest BCUT2D eigenvalue weighted by Crippen LogP contribution is -1.97. The van der Waals surface area contributed by atoms with E-state index in [-0.39, 0.29) is 0 Å². The normalized spacial score (nSPS) is 9.65. The molecule has 0 saturated heterocycles. The van der Waals surface area contributed by atoms with Crippen LogP contribution in [-0.4, -0.2) is 18.1 Å². The molecule has 0 bridgehead atoms. The molecule has 4 heteroatoms. The molecular formula is C22H28ClNO2. The van der Waals surface area contributed by atoms with Gasteiger partial charge in [0.15, 0.2) is 0 Å². The maximum absolute atomic E-state index is 11.1. The average Bonchev–Trinajstić information content (AvgIpc) is 2.95. The molecule has 0 amide bonds. The maximum Gasteiger partial charge on any atom is 0.218 e. The van der Waals surface area contributed by atoms with Crippen molar-refractivity contribution in [3.8, 4) is 5.75 Å². The van der Waals surface area contributed by atoms with Gasteiger partial charge in [-0.2, -0.15) is 0 Å². The highest BCUT2D eigenvalue weighted by Gasteiger charge is 2.12. The van der Waals surface area contributed by atoms with Gasteiger partial charge in [-0.1, -0.05) is 50.1 Å². The smallest absolute Gasteiger partial charge is 0.218 e. The number of nitrogens with zero attached hydrogens (tertiary/aromatic N) is 1. The van der Waals surface area contributed by atoms with Crippen molar-refractivity contribution in [1.82, 2.24) is 4.57 Å². The van der Waals surface area contributed by atoms with E-state index in [0.717, 1.165) is 40.2 Å². The van der Waals surface area contributed by atoms with Crippen LogP contribution in [0.15, 0.2) is 42.5 Å². The summed E-state index contributed by atoms with van der Waals surface area (Å²) in [5.41, 5.74) is 4.42. The van der Waals surface area contributed by atoms with Crippen molar-refractivity contribution in [1.29, 1.82) is 0 Å². The molecular weight excluding hydrogens is 346 g/mol. The van der Waals surface area contributed by atoms with Gasteiger partial charge in [0, 0.05) is 16.1 Å².